The molecule has 0 bridgehead atoms. The van der Waals surface area contributed by atoms with Gasteiger partial charge in [0.25, 0.3) is 5.91 Å². The van der Waals surface area contributed by atoms with Crippen LogP contribution in [0.4, 0.5) is 0 Å². The zero-order chi connectivity index (χ0) is 22.2. The number of benzene rings is 3. The van der Waals surface area contributed by atoms with Crippen LogP contribution in [0.5, 0.6) is 17.2 Å². The molecule has 0 aliphatic rings. The van der Waals surface area contributed by atoms with Gasteiger partial charge in [0.2, 0.25) is 0 Å². The first-order chi connectivity index (χ1) is 14.9. The number of nitrogens with one attached hydrogen (secondary N) is 1. The van der Waals surface area contributed by atoms with Gasteiger partial charge in [-0.2, -0.15) is 5.10 Å². The van der Waals surface area contributed by atoms with Crippen LogP contribution in [-0.2, 0) is 4.79 Å². The fourth-order valence-corrected chi connectivity index (χ4v) is 2.55. The van der Waals surface area contributed by atoms with Crippen LogP contribution < -0.4 is 14.9 Å². The summed E-state index contributed by atoms with van der Waals surface area (Å²) in [5.74, 6) is -1.52. The highest BCUT2D eigenvalue weighted by molar-refractivity contribution is 5.97. The number of hydrogen-bond donors (Lipinski definition) is 2. The van der Waals surface area contributed by atoms with E-state index >= 15 is 0 Å². The van der Waals surface area contributed by atoms with Crippen LogP contribution >= 0.6 is 0 Å². The van der Waals surface area contributed by atoms with E-state index in [4.69, 9.17) is 9.47 Å². The number of phenolic OH excluding ortho intramolecular Hbond substituents is 1. The van der Waals surface area contributed by atoms with E-state index in [0.717, 1.165) is 0 Å². The quantitative estimate of drug-likeness (QED) is 0.275. The minimum atomic E-state index is -0.673. The van der Waals surface area contributed by atoms with Crippen molar-refractivity contribution in [2.45, 2.75) is 6.92 Å². The lowest BCUT2D eigenvalue weighted by molar-refractivity contribution is -0.131. The first kappa shape index (κ1) is 21.3. The fraction of sp³-hybridized carbons (Fsp3) is 0.0435. The second-order valence-corrected chi connectivity index (χ2v) is 6.26. The lowest BCUT2D eigenvalue weighted by Gasteiger charge is -2.08. The molecule has 0 aliphatic carbocycles. The number of rotatable bonds is 6. The lowest BCUT2D eigenvalue weighted by atomic mass is 10.2. The standard InChI is InChI=1S/C23H18N2O6/c1-15(26)30-21-9-5-3-7-19(21)23(29)31-17-12-10-16(11-13-17)14-24-25-22(28)18-6-2-4-8-20(18)27/h2-14,27H,1H3,(H,25,28). The number of esters is 2. The van der Waals surface area contributed by atoms with Gasteiger partial charge >= 0.3 is 11.9 Å². The molecule has 0 saturated heterocycles. The third-order valence-corrected chi connectivity index (χ3v) is 3.98. The Morgan fingerprint density at radius 1 is 0.871 bits per heavy atom. The summed E-state index contributed by atoms with van der Waals surface area (Å²) in [6.07, 6.45) is 1.40. The largest absolute Gasteiger partial charge is 0.507 e. The van der Waals surface area contributed by atoms with Crippen LogP contribution in [0, 0.1) is 0 Å². The summed E-state index contributed by atoms with van der Waals surface area (Å²) in [5, 5.41) is 13.5. The number of para-hydroxylation sites is 2. The highest BCUT2D eigenvalue weighted by Gasteiger charge is 2.15. The van der Waals surface area contributed by atoms with Gasteiger partial charge in [0, 0.05) is 6.92 Å². The van der Waals surface area contributed by atoms with E-state index in [1.54, 1.807) is 48.5 Å². The summed E-state index contributed by atoms with van der Waals surface area (Å²) in [6, 6.07) is 18.8. The van der Waals surface area contributed by atoms with Crippen LogP contribution in [0.15, 0.2) is 77.9 Å². The molecule has 0 fully saturated rings. The van der Waals surface area contributed by atoms with E-state index in [1.807, 2.05) is 0 Å². The zero-order valence-electron chi connectivity index (χ0n) is 16.4. The minimum Gasteiger partial charge on any atom is -0.507 e. The van der Waals surface area contributed by atoms with Crippen molar-refractivity contribution in [1.82, 2.24) is 5.43 Å². The maximum absolute atomic E-state index is 12.4. The number of hydrogen-bond acceptors (Lipinski definition) is 7. The fourth-order valence-electron chi connectivity index (χ4n) is 2.55. The van der Waals surface area contributed by atoms with Crippen molar-refractivity contribution in [3.8, 4) is 17.2 Å². The van der Waals surface area contributed by atoms with Crippen molar-refractivity contribution in [1.29, 1.82) is 0 Å². The molecule has 0 radical (unpaired) electrons. The topological polar surface area (TPSA) is 114 Å². The summed E-state index contributed by atoms with van der Waals surface area (Å²) >= 11 is 0. The number of ether oxygens (including phenoxy) is 2. The predicted octanol–water partition coefficient (Wildman–Crippen LogP) is 3.30. The average Bonchev–Trinajstić information content (AvgIpc) is 2.75. The molecule has 156 valence electrons. The summed E-state index contributed by atoms with van der Waals surface area (Å²) in [5.41, 5.74) is 3.19. The van der Waals surface area contributed by atoms with Crippen molar-refractivity contribution in [2.24, 2.45) is 5.10 Å². The van der Waals surface area contributed by atoms with Gasteiger partial charge in [0.15, 0.2) is 0 Å². The lowest BCUT2D eigenvalue weighted by Crippen LogP contribution is -2.17. The zero-order valence-corrected chi connectivity index (χ0v) is 16.4. The molecule has 8 heteroatoms. The molecule has 3 aromatic carbocycles. The molecule has 3 rings (SSSR count). The van der Waals surface area contributed by atoms with Crippen LogP contribution in [0.2, 0.25) is 0 Å². The second kappa shape index (κ2) is 9.84. The number of hydrazone groups is 1. The normalized spacial score (nSPS) is 10.5. The third-order valence-electron chi connectivity index (χ3n) is 3.98. The molecule has 0 atom stereocenters. The van der Waals surface area contributed by atoms with Gasteiger partial charge in [0.05, 0.1) is 11.8 Å². The van der Waals surface area contributed by atoms with E-state index in [1.165, 1.54) is 37.4 Å². The van der Waals surface area contributed by atoms with E-state index < -0.39 is 17.8 Å². The Morgan fingerprint density at radius 2 is 1.52 bits per heavy atom. The van der Waals surface area contributed by atoms with Crippen LogP contribution in [0.3, 0.4) is 0 Å². The first-order valence-electron chi connectivity index (χ1n) is 9.15. The summed E-state index contributed by atoms with van der Waals surface area (Å²) in [4.78, 5) is 35.6. The molecule has 0 heterocycles. The number of carbonyl (C=O) groups excluding carboxylic acids is 3. The Balaban J connectivity index is 1.61. The Kier molecular flexibility index (Phi) is 6.74. The van der Waals surface area contributed by atoms with Gasteiger partial charge in [-0.15, -0.1) is 0 Å². The molecular weight excluding hydrogens is 400 g/mol. The number of nitrogens with zero attached hydrogens (tertiary/aromatic N) is 1. The van der Waals surface area contributed by atoms with Gasteiger partial charge in [-0.25, -0.2) is 10.2 Å². The molecule has 8 nitrogen and oxygen atoms in total. The minimum absolute atomic E-state index is 0.107. The van der Waals surface area contributed by atoms with Gasteiger partial charge in [-0.3, -0.25) is 9.59 Å². The van der Waals surface area contributed by atoms with E-state index in [0.29, 0.717) is 5.56 Å². The number of carbonyl (C=O) groups is 3. The Morgan fingerprint density at radius 3 is 2.19 bits per heavy atom. The smallest absolute Gasteiger partial charge is 0.347 e. The van der Waals surface area contributed by atoms with Crippen LogP contribution in [0.25, 0.3) is 0 Å². The maximum atomic E-state index is 12.4. The van der Waals surface area contributed by atoms with E-state index in [9.17, 15) is 19.5 Å². The van der Waals surface area contributed by atoms with Gasteiger partial charge in [-0.1, -0.05) is 24.3 Å². The highest BCUT2D eigenvalue weighted by Crippen LogP contribution is 2.21. The second-order valence-electron chi connectivity index (χ2n) is 6.26. The number of aromatic hydroxyl groups is 1. The van der Waals surface area contributed by atoms with E-state index in [2.05, 4.69) is 10.5 Å². The molecule has 0 aliphatic heterocycles. The maximum Gasteiger partial charge on any atom is 0.347 e. The molecule has 0 aromatic heterocycles. The van der Waals surface area contributed by atoms with Crippen molar-refractivity contribution in [3.63, 3.8) is 0 Å². The van der Waals surface area contributed by atoms with Gasteiger partial charge in [0.1, 0.15) is 22.8 Å². The molecule has 31 heavy (non-hydrogen) atoms. The molecule has 0 spiro atoms. The average molecular weight is 418 g/mol. The van der Waals surface area contributed by atoms with Gasteiger partial charge in [-0.05, 0) is 54.1 Å². The molecule has 0 unspecified atom stereocenters. The molecule has 2 N–H and O–H groups in total. The molecule has 3 aromatic rings. The number of phenols is 1. The SMILES string of the molecule is CC(=O)Oc1ccccc1C(=O)Oc1ccc(C=NNC(=O)c2ccccc2O)cc1. The summed E-state index contributed by atoms with van der Waals surface area (Å²) in [7, 11) is 0. The predicted molar refractivity (Wildman–Crippen MR) is 112 cm³/mol. The van der Waals surface area contributed by atoms with E-state index in [-0.39, 0.29) is 28.4 Å². The molecule has 0 saturated carbocycles. The van der Waals surface area contributed by atoms with Crippen molar-refractivity contribution < 1.29 is 29.0 Å². The monoisotopic (exact) mass is 418 g/mol. The Hall–Kier alpha value is -4.46. The Labute approximate surface area is 177 Å². The van der Waals surface area contributed by atoms with Crippen molar-refractivity contribution in [2.75, 3.05) is 0 Å². The van der Waals surface area contributed by atoms with Crippen molar-refractivity contribution in [3.05, 3.63) is 89.5 Å². The highest BCUT2D eigenvalue weighted by atomic mass is 16.5. The third kappa shape index (κ3) is 5.77. The first-order valence-corrected chi connectivity index (χ1v) is 9.15. The Bertz CT molecular complexity index is 1140. The van der Waals surface area contributed by atoms with Crippen LogP contribution in [-0.4, -0.2) is 29.2 Å². The van der Waals surface area contributed by atoms with Gasteiger partial charge < -0.3 is 14.6 Å². The van der Waals surface area contributed by atoms with Crippen LogP contribution in [0.1, 0.15) is 33.2 Å². The van der Waals surface area contributed by atoms with Crippen molar-refractivity contribution >= 4 is 24.1 Å². The summed E-state index contributed by atoms with van der Waals surface area (Å²) < 4.78 is 10.3. The molecular formula is C23H18N2O6. The molecule has 1 amide bonds. The number of amides is 1. The summed E-state index contributed by atoms with van der Waals surface area (Å²) in [6.45, 7) is 1.24.